The van der Waals surface area contributed by atoms with Crippen molar-refractivity contribution in [2.45, 2.75) is 39.2 Å². The summed E-state index contributed by atoms with van der Waals surface area (Å²) in [5.74, 6) is 0.738. The number of aromatic nitrogens is 4. The molecule has 1 heterocycles. The van der Waals surface area contributed by atoms with Gasteiger partial charge in [0.05, 0.1) is 6.54 Å². The van der Waals surface area contributed by atoms with Crippen molar-refractivity contribution in [1.82, 2.24) is 20.2 Å². The molecule has 5 nitrogen and oxygen atoms in total. The summed E-state index contributed by atoms with van der Waals surface area (Å²) in [7, 11) is 0. The summed E-state index contributed by atoms with van der Waals surface area (Å²) in [5.41, 5.74) is 7.72. The Kier molecular flexibility index (Phi) is 3.38. The third kappa shape index (κ3) is 2.63. The molecular weight excluding hydrogens is 274 g/mol. The van der Waals surface area contributed by atoms with Gasteiger partial charge in [0.15, 0.2) is 5.82 Å². The number of nitrogen functional groups attached to an aromatic ring is 1. The molecule has 6 heteroatoms. The second-order valence-electron chi connectivity index (χ2n) is 5.68. The molecule has 106 valence electrons. The molecule has 0 amide bonds. The standard InChI is InChI=1S/C14H18ClN5/c1-2-3-14(4-5-14)9-20-13(17-18-19-20)10-6-11(15)8-12(16)7-10/h6-8H,2-5,9,16H2,1H3. The van der Waals surface area contributed by atoms with Crippen LogP contribution in [0.25, 0.3) is 11.4 Å². The zero-order valence-electron chi connectivity index (χ0n) is 11.5. The summed E-state index contributed by atoms with van der Waals surface area (Å²) in [6, 6.07) is 5.42. The SMILES string of the molecule is CCCC1(Cn2nnnc2-c2cc(N)cc(Cl)c2)CC1. The van der Waals surface area contributed by atoms with E-state index < -0.39 is 0 Å². The zero-order valence-corrected chi connectivity index (χ0v) is 12.3. The van der Waals surface area contributed by atoms with Gasteiger partial charge in [-0.1, -0.05) is 24.9 Å². The van der Waals surface area contributed by atoms with Crippen molar-refractivity contribution in [3.63, 3.8) is 0 Å². The van der Waals surface area contributed by atoms with Crippen molar-refractivity contribution in [2.75, 3.05) is 5.73 Å². The monoisotopic (exact) mass is 291 g/mol. The molecule has 0 aliphatic heterocycles. The first-order valence-electron chi connectivity index (χ1n) is 6.94. The van der Waals surface area contributed by atoms with Crippen molar-refractivity contribution in [1.29, 1.82) is 0 Å². The van der Waals surface area contributed by atoms with Crippen LogP contribution in [-0.2, 0) is 6.54 Å². The third-order valence-electron chi connectivity index (χ3n) is 3.93. The number of rotatable bonds is 5. The fourth-order valence-electron chi connectivity index (χ4n) is 2.77. The van der Waals surface area contributed by atoms with E-state index in [-0.39, 0.29) is 0 Å². The average Bonchev–Trinajstić information content (AvgIpc) is 2.97. The molecule has 0 radical (unpaired) electrons. The van der Waals surface area contributed by atoms with Gasteiger partial charge < -0.3 is 5.73 Å². The third-order valence-corrected chi connectivity index (χ3v) is 4.15. The Morgan fingerprint density at radius 3 is 2.80 bits per heavy atom. The van der Waals surface area contributed by atoms with Gasteiger partial charge in [0, 0.05) is 16.3 Å². The van der Waals surface area contributed by atoms with E-state index in [2.05, 4.69) is 22.4 Å². The Morgan fingerprint density at radius 1 is 1.35 bits per heavy atom. The molecule has 0 bridgehead atoms. The lowest BCUT2D eigenvalue weighted by molar-refractivity contribution is 0.365. The molecule has 0 spiro atoms. The average molecular weight is 292 g/mol. The number of nitrogens with two attached hydrogens (primary N) is 1. The van der Waals surface area contributed by atoms with Crippen LogP contribution in [0.3, 0.4) is 0 Å². The molecular formula is C14H18ClN5. The van der Waals surface area contributed by atoms with Gasteiger partial charge in [-0.15, -0.1) is 5.10 Å². The lowest BCUT2D eigenvalue weighted by atomic mass is 10.0. The molecule has 1 aromatic heterocycles. The topological polar surface area (TPSA) is 69.6 Å². The van der Waals surface area contributed by atoms with E-state index >= 15 is 0 Å². The molecule has 1 saturated carbocycles. The van der Waals surface area contributed by atoms with Crippen molar-refractivity contribution < 1.29 is 0 Å². The van der Waals surface area contributed by atoms with Gasteiger partial charge in [-0.05, 0) is 53.3 Å². The first-order valence-corrected chi connectivity index (χ1v) is 7.32. The van der Waals surface area contributed by atoms with Gasteiger partial charge in [-0.2, -0.15) is 0 Å². The van der Waals surface area contributed by atoms with Gasteiger partial charge in [0.2, 0.25) is 0 Å². The Bertz CT molecular complexity index is 598. The predicted molar refractivity (Wildman–Crippen MR) is 79.3 cm³/mol. The van der Waals surface area contributed by atoms with Crippen LogP contribution in [0.4, 0.5) is 5.69 Å². The lowest BCUT2D eigenvalue weighted by Gasteiger charge is -2.14. The largest absolute Gasteiger partial charge is 0.399 e. The van der Waals surface area contributed by atoms with E-state index in [1.165, 1.54) is 25.7 Å². The van der Waals surface area contributed by atoms with Crippen LogP contribution >= 0.6 is 11.6 Å². The minimum Gasteiger partial charge on any atom is -0.399 e. The van der Waals surface area contributed by atoms with Gasteiger partial charge >= 0.3 is 0 Å². The summed E-state index contributed by atoms with van der Waals surface area (Å²) in [5, 5.41) is 12.7. The van der Waals surface area contributed by atoms with Crippen LogP contribution in [0.2, 0.25) is 5.02 Å². The van der Waals surface area contributed by atoms with Crippen molar-refractivity contribution in [3.05, 3.63) is 23.2 Å². The summed E-state index contributed by atoms with van der Waals surface area (Å²) < 4.78 is 1.88. The molecule has 1 fully saturated rings. The van der Waals surface area contributed by atoms with Gasteiger partial charge in [0.1, 0.15) is 0 Å². The highest BCUT2D eigenvalue weighted by Gasteiger charge is 2.42. The van der Waals surface area contributed by atoms with E-state index in [1.54, 1.807) is 6.07 Å². The summed E-state index contributed by atoms with van der Waals surface area (Å²) in [6.45, 7) is 3.09. The Morgan fingerprint density at radius 2 is 2.15 bits per heavy atom. The summed E-state index contributed by atoms with van der Waals surface area (Å²) in [6.07, 6.45) is 4.95. The molecule has 0 atom stereocenters. The second-order valence-corrected chi connectivity index (χ2v) is 6.12. The van der Waals surface area contributed by atoms with Gasteiger partial charge in [-0.3, -0.25) is 0 Å². The maximum absolute atomic E-state index is 6.06. The van der Waals surface area contributed by atoms with Crippen molar-refractivity contribution >= 4 is 17.3 Å². The van der Waals surface area contributed by atoms with Crippen molar-refractivity contribution in [3.8, 4) is 11.4 Å². The molecule has 0 unspecified atom stereocenters. The van der Waals surface area contributed by atoms with Crippen LogP contribution < -0.4 is 5.73 Å². The molecule has 0 saturated heterocycles. The van der Waals surface area contributed by atoms with E-state index in [1.807, 2.05) is 16.8 Å². The van der Waals surface area contributed by atoms with E-state index in [0.29, 0.717) is 16.1 Å². The fourth-order valence-corrected chi connectivity index (χ4v) is 3.01. The number of anilines is 1. The quantitative estimate of drug-likeness (QED) is 0.859. The van der Waals surface area contributed by atoms with E-state index in [0.717, 1.165) is 17.9 Å². The summed E-state index contributed by atoms with van der Waals surface area (Å²) in [4.78, 5) is 0. The Hall–Kier alpha value is -1.62. The van der Waals surface area contributed by atoms with Crippen LogP contribution in [0.5, 0.6) is 0 Å². The number of hydrogen-bond donors (Lipinski definition) is 1. The molecule has 2 N–H and O–H groups in total. The van der Waals surface area contributed by atoms with Gasteiger partial charge in [0.25, 0.3) is 0 Å². The van der Waals surface area contributed by atoms with Gasteiger partial charge in [-0.25, -0.2) is 4.68 Å². The second kappa shape index (κ2) is 5.05. The Balaban J connectivity index is 1.90. The molecule has 2 aromatic rings. The first-order chi connectivity index (χ1) is 9.62. The van der Waals surface area contributed by atoms with Crippen molar-refractivity contribution in [2.24, 2.45) is 5.41 Å². The number of hydrogen-bond acceptors (Lipinski definition) is 4. The molecule has 1 aliphatic carbocycles. The normalized spacial score (nSPS) is 16.3. The number of benzene rings is 1. The van der Waals surface area contributed by atoms with Crippen LogP contribution in [-0.4, -0.2) is 20.2 Å². The molecule has 20 heavy (non-hydrogen) atoms. The fraction of sp³-hybridized carbons (Fsp3) is 0.500. The minimum absolute atomic E-state index is 0.392. The minimum atomic E-state index is 0.392. The molecule has 1 aliphatic rings. The Labute approximate surface area is 123 Å². The number of halogens is 1. The van der Waals surface area contributed by atoms with Crippen LogP contribution in [0.15, 0.2) is 18.2 Å². The van der Waals surface area contributed by atoms with E-state index in [9.17, 15) is 0 Å². The lowest BCUT2D eigenvalue weighted by Crippen LogP contribution is -2.14. The highest BCUT2D eigenvalue weighted by Crippen LogP contribution is 2.51. The smallest absolute Gasteiger partial charge is 0.182 e. The highest BCUT2D eigenvalue weighted by atomic mass is 35.5. The predicted octanol–water partition coefficient (Wildman–Crippen LogP) is 3.16. The number of tetrazole rings is 1. The zero-order chi connectivity index (χ0) is 14.2. The molecule has 3 rings (SSSR count). The van der Waals surface area contributed by atoms with Crippen LogP contribution in [0.1, 0.15) is 32.6 Å². The van der Waals surface area contributed by atoms with Crippen LogP contribution in [0, 0.1) is 5.41 Å². The maximum atomic E-state index is 6.06. The highest BCUT2D eigenvalue weighted by molar-refractivity contribution is 6.31. The maximum Gasteiger partial charge on any atom is 0.182 e. The summed E-state index contributed by atoms with van der Waals surface area (Å²) >= 11 is 6.06. The molecule has 1 aromatic carbocycles. The van der Waals surface area contributed by atoms with E-state index in [4.69, 9.17) is 17.3 Å². The first kappa shape index (κ1) is 13.4. The number of nitrogens with zero attached hydrogens (tertiary/aromatic N) is 4.